The summed E-state index contributed by atoms with van der Waals surface area (Å²) in [4.78, 5) is 30.6. The second-order valence-corrected chi connectivity index (χ2v) is 8.51. The summed E-state index contributed by atoms with van der Waals surface area (Å²) in [6, 6.07) is 23.0. The second kappa shape index (κ2) is 8.31. The summed E-state index contributed by atoms with van der Waals surface area (Å²) in [6.07, 6.45) is 0. The van der Waals surface area contributed by atoms with Crippen molar-refractivity contribution < 1.29 is 9.90 Å². The summed E-state index contributed by atoms with van der Waals surface area (Å²) in [6.45, 7) is 0. The standard InChI is InChI=1S/C24H14BrClN4O3/c25-15-8-6-14(7-9-15)21-27-22-19(23(31)29(21)17-12-10-16(26)11-13-17)20(24(32)33)28-30(22)18-4-2-1-3-5-18/h1-13H,(H,32,33). The van der Waals surface area contributed by atoms with Gasteiger partial charge in [0.1, 0.15) is 11.2 Å². The molecule has 0 fully saturated rings. The zero-order valence-corrected chi connectivity index (χ0v) is 19.2. The van der Waals surface area contributed by atoms with Crippen LogP contribution in [0.25, 0.3) is 33.8 Å². The van der Waals surface area contributed by atoms with Crippen LogP contribution >= 0.6 is 27.5 Å². The molecule has 0 aliphatic carbocycles. The number of para-hydroxylation sites is 1. The minimum Gasteiger partial charge on any atom is -0.476 e. The molecule has 2 heterocycles. The van der Waals surface area contributed by atoms with Crippen LogP contribution < -0.4 is 5.56 Å². The van der Waals surface area contributed by atoms with Gasteiger partial charge in [-0.05, 0) is 48.5 Å². The number of nitrogens with zero attached hydrogens (tertiary/aromatic N) is 4. The maximum atomic E-state index is 13.8. The minimum atomic E-state index is -1.31. The first-order valence-electron chi connectivity index (χ1n) is 9.80. The fourth-order valence-electron chi connectivity index (χ4n) is 3.59. The lowest BCUT2D eigenvalue weighted by Crippen LogP contribution is -2.23. The van der Waals surface area contributed by atoms with Crippen molar-refractivity contribution in [1.29, 1.82) is 0 Å². The number of carbonyl (C=O) groups is 1. The van der Waals surface area contributed by atoms with Crippen molar-refractivity contribution in [3.05, 3.63) is 104 Å². The fraction of sp³-hybridized carbons (Fsp3) is 0. The molecule has 1 N–H and O–H groups in total. The van der Waals surface area contributed by atoms with Crippen LogP contribution in [-0.4, -0.2) is 30.4 Å². The van der Waals surface area contributed by atoms with Gasteiger partial charge in [0.25, 0.3) is 5.56 Å². The molecule has 5 aromatic rings. The molecule has 0 bridgehead atoms. The van der Waals surface area contributed by atoms with Gasteiger partial charge in [0.2, 0.25) is 0 Å². The first kappa shape index (κ1) is 21.1. The average molecular weight is 522 g/mol. The topological polar surface area (TPSA) is 90.0 Å². The molecule has 0 atom stereocenters. The quantitative estimate of drug-likeness (QED) is 0.344. The van der Waals surface area contributed by atoms with E-state index in [4.69, 9.17) is 16.6 Å². The average Bonchev–Trinajstić information content (AvgIpc) is 3.21. The van der Waals surface area contributed by atoms with Gasteiger partial charge in [-0.1, -0.05) is 57.9 Å². The van der Waals surface area contributed by atoms with Crippen LogP contribution in [0.4, 0.5) is 0 Å². The predicted molar refractivity (Wildman–Crippen MR) is 130 cm³/mol. The molecule has 0 amide bonds. The van der Waals surface area contributed by atoms with Gasteiger partial charge in [0, 0.05) is 15.1 Å². The Morgan fingerprint density at radius 1 is 0.909 bits per heavy atom. The lowest BCUT2D eigenvalue weighted by Gasteiger charge is -2.14. The summed E-state index contributed by atoms with van der Waals surface area (Å²) in [5, 5.41) is 14.5. The van der Waals surface area contributed by atoms with Crippen LogP contribution in [0.15, 0.2) is 88.1 Å². The number of aromatic carboxylic acids is 1. The van der Waals surface area contributed by atoms with E-state index in [-0.39, 0.29) is 16.7 Å². The molecular formula is C24H14BrClN4O3. The van der Waals surface area contributed by atoms with Crippen LogP contribution in [0.5, 0.6) is 0 Å². The van der Waals surface area contributed by atoms with Crippen LogP contribution in [0.1, 0.15) is 10.5 Å². The van der Waals surface area contributed by atoms with Crippen molar-refractivity contribution in [3.63, 3.8) is 0 Å². The Balaban J connectivity index is 1.93. The number of hydrogen-bond acceptors (Lipinski definition) is 4. The molecule has 5 rings (SSSR count). The molecule has 0 saturated heterocycles. The number of rotatable bonds is 4. The van der Waals surface area contributed by atoms with E-state index in [1.807, 2.05) is 30.3 Å². The molecule has 7 nitrogen and oxygen atoms in total. The Bertz CT molecular complexity index is 1560. The van der Waals surface area contributed by atoms with Gasteiger partial charge in [-0.3, -0.25) is 9.36 Å². The van der Waals surface area contributed by atoms with E-state index in [0.29, 0.717) is 27.8 Å². The maximum Gasteiger partial charge on any atom is 0.357 e. The highest BCUT2D eigenvalue weighted by atomic mass is 79.9. The number of fused-ring (bicyclic) bond motifs is 1. The Kier molecular flexibility index (Phi) is 5.32. The molecule has 0 saturated carbocycles. The third-order valence-corrected chi connectivity index (χ3v) is 5.87. The second-order valence-electron chi connectivity index (χ2n) is 7.16. The molecule has 33 heavy (non-hydrogen) atoms. The van der Waals surface area contributed by atoms with E-state index >= 15 is 0 Å². The largest absolute Gasteiger partial charge is 0.476 e. The van der Waals surface area contributed by atoms with Crippen LogP contribution in [-0.2, 0) is 0 Å². The van der Waals surface area contributed by atoms with Gasteiger partial charge in [-0.15, -0.1) is 0 Å². The molecule has 162 valence electrons. The molecule has 0 radical (unpaired) electrons. The van der Waals surface area contributed by atoms with Crippen molar-refractivity contribution in [2.24, 2.45) is 0 Å². The van der Waals surface area contributed by atoms with Gasteiger partial charge in [0.15, 0.2) is 11.3 Å². The van der Waals surface area contributed by atoms with Crippen molar-refractivity contribution >= 4 is 44.5 Å². The van der Waals surface area contributed by atoms with E-state index in [0.717, 1.165) is 4.47 Å². The van der Waals surface area contributed by atoms with Gasteiger partial charge in [-0.2, -0.15) is 5.10 Å². The van der Waals surface area contributed by atoms with Gasteiger partial charge in [0.05, 0.1) is 11.4 Å². The third kappa shape index (κ3) is 3.73. The molecule has 2 aromatic heterocycles. The van der Waals surface area contributed by atoms with E-state index in [1.165, 1.54) is 9.25 Å². The summed E-state index contributed by atoms with van der Waals surface area (Å²) in [5.74, 6) is -0.969. The van der Waals surface area contributed by atoms with Gasteiger partial charge in [-0.25, -0.2) is 14.5 Å². The Morgan fingerprint density at radius 2 is 1.58 bits per heavy atom. The van der Waals surface area contributed by atoms with E-state index in [1.54, 1.807) is 48.5 Å². The summed E-state index contributed by atoms with van der Waals surface area (Å²) < 4.78 is 3.63. The monoisotopic (exact) mass is 520 g/mol. The number of benzene rings is 3. The Labute approximate surface area is 200 Å². The summed E-state index contributed by atoms with van der Waals surface area (Å²) in [5.41, 5.74) is 1.02. The molecule has 9 heteroatoms. The fourth-order valence-corrected chi connectivity index (χ4v) is 3.98. The summed E-state index contributed by atoms with van der Waals surface area (Å²) >= 11 is 9.47. The number of aromatic nitrogens is 4. The highest BCUT2D eigenvalue weighted by Crippen LogP contribution is 2.27. The first-order chi connectivity index (χ1) is 15.9. The lowest BCUT2D eigenvalue weighted by molar-refractivity contribution is 0.0692. The first-order valence-corrected chi connectivity index (χ1v) is 11.0. The molecule has 3 aromatic carbocycles. The van der Waals surface area contributed by atoms with Crippen molar-refractivity contribution in [2.75, 3.05) is 0 Å². The number of carboxylic acid groups (broad SMARTS) is 1. The zero-order valence-electron chi connectivity index (χ0n) is 16.8. The highest BCUT2D eigenvalue weighted by molar-refractivity contribution is 9.10. The van der Waals surface area contributed by atoms with Gasteiger partial charge >= 0.3 is 5.97 Å². The van der Waals surface area contributed by atoms with E-state index in [9.17, 15) is 14.7 Å². The maximum absolute atomic E-state index is 13.8. The smallest absolute Gasteiger partial charge is 0.357 e. The molecule has 0 unspecified atom stereocenters. The molecule has 0 spiro atoms. The number of halogens is 2. The Hall–Kier alpha value is -3.75. The predicted octanol–water partition coefficient (Wildman–Crippen LogP) is 5.35. The molecule has 0 aliphatic heterocycles. The Morgan fingerprint density at radius 3 is 2.21 bits per heavy atom. The van der Waals surface area contributed by atoms with Crippen molar-refractivity contribution in [1.82, 2.24) is 19.3 Å². The minimum absolute atomic E-state index is 0.0813. The lowest BCUT2D eigenvalue weighted by atomic mass is 10.2. The normalized spacial score (nSPS) is 11.1. The van der Waals surface area contributed by atoms with Crippen molar-refractivity contribution in [3.8, 4) is 22.8 Å². The van der Waals surface area contributed by atoms with Crippen LogP contribution in [0.3, 0.4) is 0 Å². The number of hydrogen-bond donors (Lipinski definition) is 1. The van der Waals surface area contributed by atoms with Crippen LogP contribution in [0, 0.1) is 0 Å². The van der Waals surface area contributed by atoms with Crippen LogP contribution in [0.2, 0.25) is 5.02 Å². The molecular weight excluding hydrogens is 508 g/mol. The third-order valence-electron chi connectivity index (χ3n) is 5.09. The highest BCUT2D eigenvalue weighted by Gasteiger charge is 2.25. The SMILES string of the molecule is O=C(O)c1nn(-c2ccccc2)c2nc(-c3ccc(Br)cc3)n(-c3ccc(Cl)cc3)c(=O)c12. The molecule has 0 aliphatic rings. The van der Waals surface area contributed by atoms with Gasteiger partial charge < -0.3 is 5.11 Å². The number of carboxylic acids is 1. The summed E-state index contributed by atoms with van der Waals surface area (Å²) in [7, 11) is 0. The van der Waals surface area contributed by atoms with E-state index < -0.39 is 11.5 Å². The van der Waals surface area contributed by atoms with Crippen molar-refractivity contribution in [2.45, 2.75) is 0 Å². The van der Waals surface area contributed by atoms with E-state index in [2.05, 4.69) is 21.0 Å². The zero-order chi connectivity index (χ0) is 23.1.